The fourth-order valence-corrected chi connectivity index (χ4v) is 1.75. The molecule has 0 heterocycles. The normalized spacial score (nSPS) is 13.0. The van der Waals surface area contributed by atoms with Crippen LogP contribution >= 0.6 is 24.0 Å². The highest BCUT2D eigenvalue weighted by molar-refractivity contribution is 14.0. The molecule has 2 N–H and O–H groups in total. The summed E-state index contributed by atoms with van der Waals surface area (Å²) in [7, 11) is 1.51. The fourth-order valence-electron chi connectivity index (χ4n) is 1.75. The minimum absolute atomic E-state index is 0. The van der Waals surface area contributed by atoms with Crippen molar-refractivity contribution in [2.45, 2.75) is 32.5 Å². The minimum atomic E-state index is -4.17. The molecule has 4 nitrogen and oxygen atoms in total. The lowest BCUT2D eigenvalue weighted by molar-refractivity contribution is -0.132. The van der Waals surface area contributed by atoms with Gasteiger partial charge in [0.05, 0.1) is 13.0 Å². The summed E-state index contributed by atoms with van der Waals surface area (Å²) < 4.78 is 42.0. The Morgan fingerprint density at radius 3 is 2.57 bits per heavy atom. The first-order valence-electron chi connectivity index (χ1n) is 7.05. The van der Waals surface area contributed by atoms with Crippen molar-refractivity contribution in [2.24, 2.45) is 4.99 Å². The average Bonchev–Trinajstić information content (AvgIpc) is 2.41. The Kier molecular flexibility index (Phi) is 10.0. The molecule has 8 heteroatoms. The van der Waals surface area contributed by atoms with E-state index in [1.807, 2.05) is 38.1 Å². The van der Waals surface area contributed by atoms with E-state index >= 15 is 0 Å². The van der Waals surface area contributed by atoms with Gasteiger partial charge in [-0.25, -0.2) is 0 Å². The molecule has 0 aliphatic rings. The van der Waals surface area contributed by atoms with Gasteiger partial charge in [-0.05, 0) is 31.5 Å². The zero-order chi connectivity index (χ0) is 16.6. The fraction of sp³-hybridized carbons (Fsp3) is 0.533. The SMILES string of the molecule is CN=C(NCCC(F)(F)F)NCC(C)Oc1cccc(C)c1.I. The van der Waals surface area contributed by atoms with Crippen LogP contribution in [0.15, 0.2) is 29.3 Å². The third kappa shape index (κ3) is 10.2. The van der Waals surface area contributed by atoms with Crippen molar-refractivity contribution in [3.8, 4) is 5.75 Å². The first-order chi connectivity index (χ1) is 10.3. The molecule has 0 aliphatic carbocycles. The highest BCUT2D eigenvalue weighted by Crippen LogP contribution is 2.18. The predicted octanol–water partition coefficient (Wildman–Crippen LogP) is 3.50. The standard InChI is InChI=1S/C15H22F3N3O.HI/c1-11-5-4-6-13(9-11)22-12(2)10-21-14(19-3)20-8-7-15(16,17)18;/h4-6,9,12H,7-8,10H2,1-3H3,(H2,19,20,21);1H. The number of benzene rings is 1. The smallest absolute Gasteiger partial charge is 0.390 e. The van der Waals surface area contributed by atoms with E-state index in [1.54, 1.807) is 0 Å². The third-order valence-corrected chi connectivity index (χ3v) is 2.81. The number of nitrogens with one attached hydrogen (secondary N) is 2. The Labute approximate surface area is 151 Å². The van der Waals surface area contributed by atoms with Crippen LogP contribution in [0.3, 0.4) is 0 Å². The van der Waals surface area contributed by atoms with Gasteiger partial charge < -0.3 is 15.4 Å². The molecule has 132 valence electrons. The van der Waals surface area contributed by atoms with Gasteiger partial charge in [0.1, 0.15) is 11.9 Å². The molecule has 0 spiro atoms. The quantitative estimate of drug-likeness (QED) is 0.401. The number of aliphatic imine (C=N–C) groups is 1. The van der Waals surface area contributed by atoms with Gasteiger partial charge >= 0.3 is 6.18 Å². The molecule has 23 heavy (non-hydrogen) atoms. The molecule has 0 amide bonds. The molecule has 1 atom stereocenters. The average molecular weight is 445 g/mol. The van der Waals surface area contributed by atoms with Crippen molar-refractivity contribution in [3.05, 3.63) is 29.8 Å². The topological polar surface area (TPSA) is 45.7 Å². The van der Waals surface area contributed by atoms with Crippen LogP contribution in [0.5, 0.6) is 5.75 Å². The van der Waals surface area contributed by atoms with Crippen LogP contribution in [0.1, 0.15) is 18.9 Å². The molecule has 1 aromatic rings. The number of nitrogens with zero attached hydrogens (tertiary/aromatic N) is 1. The largest absolute Gasteiger partial charge is 0.489 e. The number of ether oxygens (including phenoxy) is 1. The van der Waals surface area contributed by atoms with Crippen LogP contribution < -0.4 is 15.4 Å². The summed E-state index contributed by atoms with van der Waals surface area (Å²) in [5.74, 6) is 1.08. The van der Waals surface area contributed by atoms with Gasteiger partial charge in [0, 0.05) is 13.6 Å². The maximum absolute atomic E-state index is 12.1. The van der Waals surface area contributed by atoms with Gasteiger partial charge in [-0.15, -0.1) is 24.0 Å². The van der Waals surface area contributed by atoms with Crippen LogP contribution in [0, 0.1) is 6.92 Å². The number of guanidine groups is 1. The van der Waals surface area contributed by atoms with E-state index in [4.69, 9.17) is 4.74 Å². The summed E-state index contributed by atoms with van der Waals surface area (Å²) >= 11 is 0. The zero-order valence-corrected chi connectivity index (χ0v) is 15.7. The highest BCUT2D eigenvalue weighted by atomic mass is 127. The number of halogens is 4. The molecule has 0 saturated carbocycles. The first-order valence-corrected chi connectivity index (χ1v) is 7.05. The Morgan fingerprint density at radius 2 is 2.00 bits per heavy atom. The summed E-state index contributed by atoms with van der Waals surface area (Å²) in [5.41, 5.74) is 1.10. The lowest BCUT2D eigenvalue weighted by Crippen LogP contribution is -2.42. The van der Waals surface area contributed by atoms with Gasteiger partial charge in [-0.3, -0.25) is 4.99 Å². The number of aryl methyl sites for hydroxylation is 1. The van der Waals surface area contributed by atoms with Crippen LogP contribution in [-0.2, 0) is 0 Å². The van der Waals surface area contributed by atoms with E-state index in [0.29, 0.717) is 12.5 Å². The van der Waals surface area contributed by atoms with Crippen molar-refractivity contribution in [3.63, 3.8) is 0 Å². The highest BCUT2D eigenvalue weighted by Gasteiger charge is 2.26. The number of alkyl halides is 3. The molecule has 0 aliphatic heterocycles. The molecule has 0 aromatic heterocycles. The summed E-state index contributed by atoms with van der Waals surface area (Å²) in [6.45, 7) is 4.07. The van der Waals surface area contributed by atoms with Crippen LogP contribution in [0.2, 0.25) is 0 Å². The van der Waals surface area contributed by atoms with Crippen molar-refractivity contribution < 1.29 is 17.9 Å². The Morgan fingerprint density at radius 1 is 1.30 bits per heavy atom. The summed E-state index contributed by atoms with van der Waals surface area (Å²) in [6, 6.07) is 7.66. The van der Waals surface area contributed by atoms with E-state index in [2.05, 4.69) is 15.6 Å². The lowest BCUT2D eigenvalue weighted by atomic mass is 10.2. The second-order valence-electron chi connectivity index (χ2n) is 4.99. The molecule has 0 fully saturated rings. The predicted molar refractivity (Wildman–Crippen MR) is 96.7 cm³/mol. The number of hydrogen-bond acceptors (Lipinski definition) is 2. The van der Waals surface area contributed by atoms with E-state index in [-0.39, 0.29) is 36.6 Å². The minimum Gasteiger partial charge on any atom is -0.489 e. The maximum atomic E-state index is 12.1. The van der Waals surface area contributed by atoms with Crippen molar-refractivity contribution in [1.29, 1.82) is 0 Å². The van der Waals surface area contributed by atoms with E-state index in [9.17, 15) is 13.2 Å². The third-order valence-electron chi connectivity index (χ3n) is 2.81. The van der Waals surface area contributed by atoms with E-state index in [1.165, 1.54) is 7.05 Å². The Hall–Kier alpha value is -1.19. The lowest BCUT2D eigenvalue weighted by Gasteiger charge is -2.18. The van der Waals surface area contributed by atoms with Gasteiger partial charge in [0.2, 0.25) is 0 Å². The second-order valence-corrected chi connectivity index (χ2v) is 4.99. The maximum Gasteiger partial charge on any atom is 0.390 e. The molecule has 0 bridgehead atoms. The van der Waals surface area contributed by atoms with Crippen molar-refractivity contribution >= 4 is 29.9 Å². The van der Waals surface area contributed by atoms with E-state index in [0.717, 1.165) is 11.3 Å². The van der Waals surface area contributed by atoms with Gasteiger partial charge in [0.25, 0.3) is 0 Å². The van der Waals surface area contributed by atoms with E-state index < -0.39 is 12.6 Å². The molecule has 1 unspecified atom stereocenters. The first kappa shape index (κ1) is 21.8. The van der Waals surface area contributed by atoms with Gasteiger partial charge in [-0.1, -0.05) is 12.1 Å². The van der Waals surface area contributed by atoms with Crippen LogP contribution in [-0.4, -0.2) is 38.4 Å². The monoisotopic (exact) mass is 445 g/mol. The van der Waals surface area contributed by atoms with Crippen LogP contribution in [0.4, 0.5) is 13.2 Å². The molecular formula is C15H23F3IN3O. The Bertz CT molecular complexity index is 495. The second kappa shape index (κ2) is 10.6. The summed E-state index contributed by atoms with van der Waals surface area (Å²) in [6.07, 6.45) is -5.22. The number of rotatable bonds is 6. The van der Waals surface area contributed by atoms with Crippen molar-refractivity contribution in [2.75, 3.05) is 20.1 Å². The summed E-state index contributed by atoms with van der Waals surface area (Å²) in [5, 5.41) is 5.55. The molecular weight excluding hydrogens is 422 g/mol. The van der Waals surface area contributed by atoms with Gasteiger partial charge in [-0.2, -0.15) is 13.2 Å². The van der Waals surface area contributed by atoms with Crippen molar-refractivity contribution in [1.82, 2.24) is 10.6 Å². The zero-order valence-electron chi connectivity index (χ0n) is 13.4. The molecule has 1 aromatic carbocycles. The van der Waals surface area contributed by atoms with Crippen LogP contribution in [0.25, 0.3) is 0 Å². The van der Waals surface area contributed by atoms with Gasteiger partial charge in [0.15, 0.2) is 5.96 Å². The Balaban J connectivity index is 0.00000484. The summed E-state index contributed by atoms with van der Waals surface area (Å²) in [4.78, 5) is 3.87. The molecule has 0 saturated heterocycles. The molecule has 0 radical (unpaired) electrons. The number of hydrogen-bond donors (Lipinski definition) is 2. The molecule has 1 rings (SSSR count).